The van der Waals surface area contributed by atoms with Crippen molar-refractivity contribution in [3.05, 3.63) is 59.7 Å². The fourth-order valence-electron chi connectivity index (χ4n) is 5.21. The molecule has 2 aliphatic rings. The van der Waals surface area contributed by atoms with Crippen molar-refractivity contribution in [3.8, 4) is 11.5 Å². The monoisotopic (exact) mass is 464 g/mol. The third-order valence-corrected chi connectivity index (χ3v) is 7.08. The summed E-state index contributed by atoms with van der Waals surface area (Å²) >= 11 is 0. The Kier molecular flexibility index (Phi) is 7.76. The molecule has 2 unspecified atom stereocenters. The summed E-state index contributed by atoms with van der Waals surface area (Å²) in [6, 6.07) is 16.0. The van der Waals surface area contributed by atoms with E-state index >= 15 is 0 Å². The third-order valence-electron chi connectivity index (χ3n) is 7.08. The number of hydrogen-bond donors (Lipinski definition) is 1. The molecule has 0 aromatic heterocycles. The normalized spacial score (nSPS) is 22.4. The van der Waals surface area contributed by atoms with E-state index in [0.717, 1.165) is 49.4 Å². The van der Waals surface area contributed by atoms with Crippen molar-refractivity contribution in [2.45, 2.75) is 57.4 Å². The summed E-state index contributed by atoms with van der Waals surface area (Å²) in [5, 5.41) is 3.19. The molecule has 6 nitrogen and oxygen atoms in total. The van der Waals surface area contributed by atoms with E-state index in [9.17, 15) is 9.59 Å². The molecule has 2 aliphatic heterocycles. The molecule has 2 aromatic rings. The first-order valence-electron chi connectivity index (χ1n) is 12.4. The van der Waals surface area contributed by atoms with Crippen LogP contribution in [0.25, 0.3) is 0 Å². The molecule has 1 N–H and O–H groups in total. The molecule has 6 heteroatoms. The van der Waals surface area contributed by atoms with Crippen molar-refractivity contribution >= 4 is 11.8 Å². The van der Waals surface area contributed by atoms with Crippen molar-refractivity contribution in [1.82, 2.24) is 10.2 Å². The summed E-state index contributed by atoms with van der Waals surface area (Å²) in [5.41, 5.74) is 1.92. The molecule has 4 rings (SSSR count). The van der Waals surface area contributed by atoms with E-state index in [4.69, 9.17) is 9.47 Å². The van der Waals surface area contributed by atoms with Gasteiger partial charge in [-0.15, -0.1) is 0 Å². The summed E-state index contributed by atoms with van der Waals surface area (Å²) in [6.45, 7) is 4.22. The molecule has 182 valence electrons. The Bertz CT molecular complexity index is 1010. The zero-order valence-corrected chi connectivity index (χ0v) is 20.3. The highest BCUT2D eigenvalue weighted by Gasteiger charge is 2.38. The lowest BCUT2D eigenvalue weighted by atomic mass is 9.84. The molecule has 2 fully saturated rings. The molecule has 2 amide bonds. The number of ether oxygens (including phenoxy) is 2. The smallest absolute Gasteiger partial charge is 0.222 e. The van der Waals surface area contributed by atoms with Crippen LogP contribution in [0.4, 0.5) is 0 Å². The quantitative estimate of drug-likeness (QED) is 0.601. The van der Waals surface area contributed by atoms with Gasteiger partial charge in [0.05, 0.1) is 13.7 Å². The number of benzene rings is 2. The molecule has 0 bridgehead atoms. The minimum absolute atomic E-state index is 0.0710. The second-order valence-electron chi connectivity index (χ2n) is 9.83. The topological polar surface area (TPSA) is 67.9 Å². The van der Waals surface area contributed by atoms with Crippen molar-refractivity contribution < 1.29 is 19.1 Å². The minimum atomic E-state index is -0.372. The Labute approximate surface area is 202 Å². The summed E-state index contributed by atoms with van der Waals surface area (Å²) in [7, 11) is 1.66. The van der Waals surface area contributed by atoms with Crippen molar-refractivity contribution in [3.63, 3.8) is 0 Å². The predicted molar refractivity (Wildman–Crippen MR) is 132 cm³/mol. The van der Waals surface area contributed by atoms with Crippen LogP contribution in [0.2, 0.25) is 0 Å². The average Bonchev–Trinajstić information content (AvgIpc) is 3.22. The second kappa shape index (κ2) is 10.9. The van der Waals surface area contributed by atoms with E-state index in [1.807, 2.05) is 41.3 Å². The number of nitrogens with one attached hydrogen (secondary N) is 1. The van der Waals surface area contributed by atoms with Crippen LogP contribution in [0.15, 0.2) is 48.5 Å². The van der Waals surface area contributed by atoms with Gasteiger partial charge in [0, 0.05) is 37.4 Å². The van der Waals surface area contributed by atoms with Crippen molar-refractivity contribution in [1.29, 1.82) is 0 Å². The Hall–Kier alpha value is -3.02. The first kappa shape index (κ1) is 24.1. The average molecular weight is 465 g/mol. The van der Waals surface area contributed by atoms with Crippen LogP contribution in [-0.4, -0.2) is 49.1 Å². The zero-order valence-electron chi connectivity index (χ0n) is 20.3. The fourth-order valence-corrected chi connectivity index (χ4v) is 5.21. The summed E-state index contributed by atoms with van der Waals surface area (Å²) < 4.78 is 11.4. The van der Waals surface area contributed by atoms with Crippen LogP contribution >= 0.6 is 0 Å². The fraction of sp³-hybridized carbons (Fsp3) is 0.500. The number of methoxy groups -OCH3 is 1. The standard InChI is InChI=1S/C28H36N2O4/c1-21-6-3-10-25(16-21)34-20-23-8-5-15-30(19-23)27(32)12-14-28(13-11-26(31)29-28)18-22-7-4-9-24(17-22)33-2/h3-4,6-7,9-10,16-17,23H,5,8,11-15,18-20H2,1-2H3,(H,29,31). The second-order valence-corrected chi connectivity index (χ2v) is 9.83. The van der Waals surface area contributed by atoms with E-state index in [-0.39, 0.29) is 17.4 Å². The molecule has 0 saturated carbocycles. The van der Waals surface area contributed by atoms with Crippen LogP contribution in [0.3, 0.4) is 0 Å². The van der Waals surface area contributed by atoms with Crippen LogP contribution < -0.4 is 14.8 Å². The van der Waals surface area contributed by atoms with Gasteiger partial charge in [-0.05, 0) is 74.4 Å². The third kappa shape index (κ3) is 6.31. The van der Waals surface area contributed by atoms with Gasteiger partial charge in [0.25, 0.3) is 0 Å². The molecule has 0 spiro atoms. The number of aryl methyl sites for hydroxylation is 1. The largest absolute Gasteiger partial charge is 0.497 e. The van der Waals surface area contributed by atoms with E-state index in [0.29, 0.717) is 38.2 Å². The Morgan fingerprint density at radius 2 is 2.00 bits per heavy atom. The Morgan fingerprint density at radius 1 is 1.18 bits per heavy atom. The maximum absolute atomic E-state index is 13.1. The SMILES string of the molecule is COc1cccc(CC2(CCC(=O)N3CCCC(COc4cccc(C)c4)C3)CCC(=O)N2)c1. The van der Waals surface area contributed by atoms with Gasteiger partial charge in [0.1, 0.15) is 11.5 Å². The first-order valence-corrected chi connectivity index (χ1v) is 12.4. The number of carbonyl (C=O) groups is 2. The molecule has 34 heavy (non-hydrogen) atoms. The zero-order chi connectivity index (χ0) is 24.0. The molecular formula is C28H36N2O4. The Balaban J connectivity index is 1.32. The molecule has 2 atom stereocenters. The molecule has 2 saturated heterocycles. The van der Waals surface area contributed by atoms with Gasteiger partial charge < -0.3 is 19.7 Å². The number of likely N-dealkylation sites (tertiary alicyclic amines) is 1. The van der Waals surface area contributed by atoms with Crippen LogP contribution in [0.1, 0.15) is 49.7 Å². The highest BCUT2D eigenvalue weighted by atomic mass is 16.5. The number of piperidine rings is 1. The summed E-state index contributed by atoms with van der Waals surface area (Å²) in [6.07, 6.45) is 5.13. The van der Waals surface area contributed by atoms with Gasteiger partial charge >= 0.3 is 0 Å². The number of nitrogens with zero attached hydrogens (tertiary/aromatic N) is 1. The highest BCUT2D eigenvalue weighted by Crippen LogP contribution is 2.31. The molecule has 0 radical (unpaired) electrons. The van der Waals surface area contributed by atoms with Crippen LogP contribution in [0, 0.1) is 12.8 Å². The number of amides is 2. The maximum Gasteiger partial charge on any atom is 0.222 e. The molecule has 0 aliphatic carbocycles. The highest BCUT2D eigenvalue weighted by molar-refractivity contribution is 5.80. The first-order chi connectivity index (χ1) is 16.4. The molecule has 2 aromatic carbocycles. The molecule has 2 heterocycles. The van der Waals surface area contributed by atoms with Crippen LogP contribution in [0.5, 0.6) is 11.5 Å². The molecular weight excluding hydrogens is 428 g/mol. The minimum Gasteiger partial charge on any atom is -0.497 e. The lowest BCUT2D eigenvalue weighted by molar-refractivity contribution is -0.134. The van der Waals surface area contributed by atoms with E-state index in [1.54, 1.807) is 7.11 Å². The number of carbonyl (C=O) groups excluding carboxylic acids is 2. The lowest BCUT2D eigenvalue weighted by Crippen LogP contribution is -2.46. The van der Waals surface area contributed by atoms with E-state index < -0.39 is 0 Å². The van der Waals surface area contributed by atoms with E-state index in [2.05, 4.69) is 24.4 Å². The van der Waals surface area contributed by atoms with Gasteiger partial charge in [-0.1, -0.05) is 24.3 Å². The van der Waals surface area contributed by atoms with Gasteiger partial charge in [-0.25, -0.2) is 0 Å². The van der Waals surface area contributed by atoms with Crippen molar-refractivity contribution in [2.75, 3.05) is 26.8 Å². The summed E-state index contributed by atoms with van der Waals surface area (Å²) in [4.78, 5) is 27.3. The number of hydrogen-bond acceptors (Lipinski definition) is 4. The summed E-state index contributed by atoms with van der Waals surface area (Å²) in [5.74, 6) is 2.28. The predicted octanol–water partition coefficient (Wildman–Crippen LogP) is 4.29. The van der Waals surface area contributed by atoms with Gasteiger partial charge in [-0.2, -0.15) is 0 Å². The van der Waals surface area contributed by atoms with E-state index in [1.165, 1.54) is 5.56 Å². The van der Waals surface area contributed by atoms with Gasteiger partial charge in [0.2, 0.25) is 11.8 Å². The van der Waals surface area contributed by atoms with Gasteiger partial charge in [0.15, 0.2) is 0 Å². The van der Waals surface area contributed by atoms with Crippen LogP contribution in [-0.2, 0) is 16.0 Å². The van der Waals surface area contributed by atoms with Gasteiger partial charge in [-0.3, -0.25) is 9.59 Å². The van der Waals surface area contributed by atoms with Crippen molar-refractivity contribution in [2.24, 2.45) is 5.92 Å². The maximum atomic E-state index is 13.1. The number of rotatable bonds is 9. The lowest BCUT2D eigenvalue weighted by Gasteiger charge is -2.34. The Morgan fingerprint density at radius 3 is 2.76 bits per heavy atom.